The number of aromatic nitrogens is 2. The van der Waals surface area contributed by atoms with Gasteiger partial charge < -0.3 is 14.1 Å². The minimum Gasteiger partial charge on any atom is -0.496 e. The molecule has 1 aliphatic heterocycles. The topological polar surface area (TPSA) is 68.5 Å². The van der Waals surface area contributed by atoms with Gasteiger partial charge in [-0.3, -0.25) is 4.79 Å². The summed E-state index contributed by atoms with van der Waals surface area (Å²) in [6.07, 6.45) is 2.10. The van der Waals surface area contributed by atoms with Crippen molar-refractivity contribution in [3.8, 4) is 17.2 Å². The Kier molecular flexibility index (Phi) is 5.37. The van der Waals surface area contributed by atoms with Crippen LogP contribution in [0.1, 0.15) is 30.2 Å². The van der Waals surface area contributed by atoms with Gasteiger partial charge in [-0.15, -0.1) is 10.2 Å². The highest BCUT2D eigenvalue weighted by atomic mass is 16.5. The average molecular weight is 377 g/mol. The Morgan fingerprint density at radius 1 is 1.07 bits per heavy atom. The maximum Gasteiger partial charge on any atom is 0.251 e. The molecule has 1 saturated heterocycles. The molecule has 0 N–H and O–H groups in total. The Morgan fingerprint density at radius 3 is 2.54 bits per heavy atom. The van der Waals surface area contributed by atoms with Gasteiger partial charge in [0, 0.05) is 19.0 Å². The van der Waals surface area contributed by atoms with Crippen molar-refractivity contribution in [2.75, 3.05) is 20.2 Å². The monoisotopic (exact) mass is 377 g/mol. The van der Waals surface area contributed by atoms with Crippen molar-refractivity contribution in [3.05, 3.63) is 66.1 Å². The normalized spacial score (nSPS) is 14.8. The van der Waals surface area contributed by atoms with Gasteiger partial charge in [0.1, 0.15) is 5.75 Å². The fourth-order valence-electron chi connectivity index (χ4n) is 3.59. The van der Waals surface area contributed by atoms with E-state index in [0.717, 1.165) is 24.0 Å². The minimum absolute atomic E-state index is 0.171. The van der Waals surface area contributed by atoms with Crippen LogP contribution in [0.3, 0.4) is 0 Å². The van der Waals surface area contributed by atoms with Gasteiger partial charge in [-0.2, -0.15) is 0 Å². The molecule has 0 bridgehead atoms. The summed E-state index contributed by atoms with van der Waals surface area (Å²) >= 11 is 0. The first kappa shape index (κ1) is 18.2. The number of hydrogen-bond acceptors (Lipinski definition) is 5. The van der Waals surface area contributed by atoms with Crippen LogP contribution < -0.4 is 4.74 Å². The first-order valence-electron chi connectivity index (χ1n) is 9.53. The Bertz CT molecular complexity index is 931. The van der Waals surface area contributed by atoms with Crippen LogP contribution >= 0.6 is 0 Å². The lowest BCUT2D eigenvalue weighted by Crippen LogP contribution is -2.38. The van der Waals surface area contributed by atoms with E-state index in [1.165, 1.54) is 0 Å². The SMILES string of the molecule is COc1ccccc1-c1nnc(C2CCN(C(=O)Cc3ccccc3)CC2)o1. The molecule has 0 radical (unpaired) electrons. The van der Waals surface area contributed by atoms with Gasteiger partial charge in [0.2, 0.25) is 11.8 Å². The number of ether oxygens (including phenoxy) is 1. The average Bonchev–Trinajstić information content (AvgIpc) is 3.24. The van der Waals surface area contributed by atoms with Crippen molar-refractivity contribution >= 4 is 5.91 Å². The predicted octanol–water partition coefficient (Wildman–Crippen LogP) is 3.69. The molecule has 0 atom stereocenters. The van der Waals surface area contributed by atoms with Crippen LogP contribution in [-0.2, 0) is 11.2 Å². The summed E-state index contributed by atoms with van der Waals surface area (Å²) in [5.74, 6) is 2.16. The maximum atomic E-state index is 12.5. The van der Waals surface area contributed by atoms with E-state index in [0.29, 0.717) is 37.0 Å². The molecule has 1 aliphatic rings. The van der Waals surface area contributed by atoms with E-state index in [1.54, 1.807) is 7.11 Å². The summed E-state index contributed by atoms with van der Waals surface area (Å²) < 4.78 is 11.3. The molecular weight excluding hydrogens is 354 g/mol. The van der Waals surface area contributed by atoms with Crippen LogP contribution in [0.2, 0.25) is 0 Å². The molecule has 3 aromatic rings. The summed E-state index contributed by atoms with van der Waals surface area (Å²) in [6.45, 7) is 1.42. The Balaban J connectivity index is 1.38. The molecule has 0 unspecified atom stereocenters. The lowest BCUT2D eigenvalue weighted by molar-refractivity contribution is -0.131. The number of nitrogens with zero attached hydrogens (tertiary/aromatic N) is 3. The second-order valence-electron chi connectivity index (χ2n) is 6.96. The van der Waals surface area contributed by atoms with Crippen molar-refractivity contribution in [3.63, 3.8) is 0 Å². The molecule has 1 amide bonds. The molecule has 0 aliphatic carbocycles. The number of rotatable bonds is 5. The van der Waals surface area contributed by atoms with E-state index >= 15 is 0 Å². The van der Waals surface area contributed by atoms with E-state index in [2.05, 4.69) is 10.2 Å². The lowest BCUT2D eigenvalue weighted by atomic mass is 9.96. The Labute approximate surface area is 164 Å². The van der Waals surface area contributed by atoms with E-state index in [-0.39, 0.29) is 11.8 Å². The number of carbonyl (C=O) groups is 1. The quantitative estimate of drug-likeness (QED) is 0.678. The maximum absolute atomic E-state index is 12.5. The molecular formula is C22H23N3O3. The molecule has 28 heavy (non-hydrogen) atoms. The second-order valence-corrected chi connectivity index (χ2v) is 6.96. The molecule has 6 nitrogen and oxygen atoms in total. The summed E-state index contributed by atoms with van der Waals surface area (Å²) in [7, 11) is 1.62. The highest BCUT2D eigenvalue weighted by molar-refractivity contribution is 5.78. The van der Waals surface area contributed by atoms with E-state index < -0.39 is 0 Å². The van der Waals surface area contributed by atoms with Crippen LogP contribution in [0.5, 0.6) is 5.75 Å². The molecule has 0 spiro atoms. The zero-order chi connectivity index (χ0) is 19.3. The Morgan fingerprint density at radius 2 is 1.79 bits per heavy atom. The van der Waals surface area contributed by atoms with Gasteiger partial charge >= 0.3 is 0 Å². The number of amides is 1. The molecule has 2 heterocycles. The summed E-state index contributed by atoms with van der Waals surface area (Å²) in [5, 5.41) is 8.46. The minimum atomic E-state index is 0.171. The van der Waals surface area contributed by atoms with Gasteiger partial charge in [-0.25, -0.2) is 0 Å². The molecule has 144 valence electrons. The molecule has 6 heteroatoms. The lowest BCUT2D eigenvalue weighted by Gasteiger charge is -2.30. The number of likely N-dealkylation sites (tertiary alicyclic amines) is 1. The number of benzene rings is 2. The smallest absolute Gasteiger partial charge is 0.251 e. The fourth-order valence-corrected chi connectivity index (χ4v) is 3.59. The largest absolute Gasteiger partial charge is 0.496 e. The van der Waals surface area contributed by atoms with Gasteiger partial charge in [0.15, 0.2) is 0 Å². The number of methoxy groups -OCH3 is 1. The van der Waals surface area contributed by atoms with E-state index in [4.69, 9.17) is 9.15 Å². The standard InChI is InChI=1S/C22H23N3O3/c1-27-19-10-6-5-9-18(19)22-24-23-21(28-22)17-11-13-25(14-12-17)20(26)15-16-7-3-2-4-8-16/h2-10,17H,11-15H2,1H3. The van der Waals surface area contributed by atoms with Gasteiger partial charge in [-0.05, 0) is 30.5 Å². The van der Waals surface area contributed by atoms with Crippen molar-refractivity contribution in [1.29, 1.82) is 0 Å². The number of hydrogen-bond donors (Lipinski definition) is 0. The third-order valence-corrected chi connectivity index (χ3v) is 5.17. The predicted molar refractivity (Wildman–Crippen MR) is 105 cm³/mol. The molecule has 2 aromatic carbocycles. The second kappa shape index (κ2) is 8.25. The summed E-state index contributed by atoms with van der Waals surface area (Å²) in [4.78, 5) is 14.5. The zero-order valence-electron chi connectivity index (χ0n) is 15.9. The third kappa shape index (κ3) is 3.91. The number of carbonyl (C=O) groups excluding carboxylic acids is 1. The van der Waals surface area contributed by atoms with Crippen LogP contribution in [0, 0.1) is 0 Å². The van der Waals surface area contributed by atoms with Crippen LogP contribution in [0.15, 0.2) is 59.0 Å². The van der Waals surface area contributed by atoms with Gasteiger partial charge in [0.05, 0.1) is 19.1 Å². The fraction of sp³-hybridized carbons (Fsp3) is 0.318. The van der Waals surface area contributed by atoms with E-state index in [1.807, 2.05) is 59.5 Å². The van der Waals surface area contributed by atoms with Gasteiger partial charge in [0.25, 0.3) is 5.89 Å². The summed E-state index contributed by atoms with van der Waals surface area (Å²) in [5.41, 5.74) is 1.84. The summed E-state index contributed by atoms with van der Waals surface area (Å²) in [6, 6.07) is 17.5. The first-order chi connectivity index (χ1) is 13.7. The van der Waals surface area contributed by atoms with Crippen LogP contribution in [0.4, 0.5) is 0 Å². The highest BCUT2D eigenvalue weighted by Gasteiger charge is 2.27. The number of piperidine rings is 1. The number of para-hydroxylation sites is 1. The van der Waals surface area contributed by atoms with Crippen molar-refractivity contribution in [1.82, 2.24) is 15.1 Å². The first-order valence-corrected chi connectivity index (χ1v) is 9.53. The van der Waals surface area contributed by atoms with Gasteiger partial charge in [-0.1, -0.05) is 42.5 Å². The van der Waals surface area contributed by atoms with Crippen LogP contribution in [-0.4, -0.2) is 41.2 Å². The molecule has 0 saturated carbocycles. The highest BCUT2D eigenvalue weighted by Crippen LogP contribution is 2.32. The zero-order valence-corrected chi connectivity index (χ0v) is 15.9. The molecule has 4 rings (SSSR count). The van der Waals surface area contributed by atoms with Crippen LogP contribution in [0.25, 0.3) is 11.5 Å². The van der Waals surface area contributed by atoms with Crippen molar-refractivity contribution < 1.29 is 13.9 Å². The van der Waals surface area contributed by atoms with Crippen molar-refractivity contribution in [2.24, 2.45) is 0 Å². The van der Waals surface area contributed by atoms with Crippen molar-refractivity contribution in [2.45, 2.75) is 25.2 Å². The Hall–Kier alpha value is -3.15. The van der Waals surface area contributed by atoms with E-state index in [9.17, 15) is 4.79 Å². The molecule has 1 aromatic heterocycles. The third-order valence-electron chi connectivity index (χ3n) is 5.17. The molecule has 1 fully saturated rings.